The minimum atomic E-state index is -0.696. The van der Waals surface area contributed by atoms with Crippen molar-refractivity contribution >= 4 is 45.6 Å². The highest BCUT2D eigenvalue weighted by atomic mass is 35.5. The van der Waals surface area contributed by atoms with Crippen molar-refractivity contribution in [2.75, 3.05) is 5.32 Å². The zero-order valence-corrected chi connectivity index (χ0v) is 13.1. The van der Waals surface area contributed by atoms with Gasteiger partial charge in [0.25, 0.3) is 5.91 Å². The van der Waals surface area contributed by atoms with Crippen molar-refractivity contribution in [2.24, 2.45) is 0 Å². The number of benzene rings is 1. The van der Waals surface area contributed by atoms with Gasteiger partial charge in [0.05, 0.1) is 10.7 Å². The first-order valence-electron chi connectivity index (χ1n) is 5.80. The van der Waals surface area contributed by atoms with E-state index in [1.54, 1.807) is 25.1 Å². The van der Waals surface area contributed by atoms with Crippen LogP contribution in [-0.2, 0) is 4.79 Å². The molecule has 4 nitrogen and oxygen atoms in total. The molecule has 0 aliphatic carbocycles. The third-order valence-corrected chi connectivity index (χ3v) is 3.82. The van der Waals surface area contributed by atoms with Gasteiger partial charge in [-0.25, -0.2) is 4.98 Å². The van der Waals surface area contributed by atoms with Crippen LogP contribution in [-0.4, -0.2) is 17.0 Å². The van der Waals surface area contributed by atoms with Crippen LogP contribution in [0.3, 0.4) is 0 Å². The number of ether oxygens (including phenoxy) is 1. The Labute approximate surface area is 130 Å². The number of hydrogen-bond donors (Lipinski definition) is 1. The average molecular weight is 331 g/mol. The van der Waals surface area contributed by atoms with E-state index in [1.807, 2.05) is 12.3 Å². The maximum absolute atomic E-state index is 12.0. The van der Waals surface area contributed by atoms with E-state index >= 15 is 0 Å². The van der Waals surface area contributed by atoms with E-state index in [0.29, 0.717) is 20.9 Å². The number of rotatable bonds is 4. The topological polar surface area (TPSA) is 51.2 Å². The summed E-state index contributed by atoms with van der Waals surface area (Å²) in [7, 11) is 0. The molecule has 1 amide bonds. The van der Waals surface area contributed by atoms with Gasteiger partial charge in [0.15, 0.2) is 11.2 Å². The SMILES string of the molecule is Cc1csc(NC(=O)C(C)Oc2ccc(Cl)cc2Cl)n1. The van der Waals surface area contributed by atoms with Crippen LogP contribution in [0.5, 0.6) is 5.75 Å². The third-order valence-electron chi connectivity index (χ3n) is 2.42. The lowest BCUT2D eigenvalue weighted by atomic mass is 10.3. The minimum Gasteiger partial charge on any atom is -0.479 e. The van der Waals surface area contributed by atoms with Crippen LogP contribution >= 0.6 is 34.5 Å². The van der Waals surface area contributed by atoms with Crippen LogP contribution in [0.2, 0.25) is 10.0 Å². The molecule has 1 unspecified atom stereocenters. The van der Waals surface area contributed by atoms with Crippen molar-refractivity contribution in [3.05, 3.63) is 39.3 Å². The number of nitrogens with zero attached hydrogens (tertiary/aromatic N) is 1. The number of aryl methyl sites for hydroxylation is 1. The molecule has 1 N–H and O–H groups in total. The second kappa shape index (κ2) is 6.43. The number of aromatic nitrogens is 1. The van der Waals surface area contributed by atoms with Gasteiger partial charge in [0.1, 0.15) is 5.75 Å². The quantitative estimate of drug-likeness (QED) is 0.915. The Kier molecular flexibility index (Phi) is 4.86. The molecule has 0 spiro atoms. The molecule has 2 aromatic rings. The zero-order valence-electron chi connectivity index (χ0n) is 10.8. The van der Waals surface area contributed by atoms with Crippen molar-refractivity contribution in [1.82, 2.24) is 4.98 Å². The summed E-state index contributed by atoms with van der Waals surface area (Å²) in [5.41, 5.74) is 0.861. The zero-order chi connectivity index (χ0) is 14.7. The summed E-state index contributed by atoms with van der Waals surface area (Å²) in [6, 6.07) is 4.84. The van der Waals surface area contributed by atoms with Gasteiger partial charge in [0.2, 0.25) is 0 Å². The van der Waals surface area contributed by atoms with Crippen molar-refractivity contribution in [3.63, 3.8) is 0 Å². The molecule has 1 aromatic carbocycles. The van der Waals surface area contributed by atoms with Crippen LogP contribution in [0.1, 0.15) is 12.6 Å². The fourth-order valence-corrected chi connectivity index (χ4v) is 2.58. The number of hydrogen-bond acceptors (Lipinski definition) is 4. The van der Waals surface area contributed by atoms with Gasteiger partial charge in [-0.05, 0) is 32.0 Å². The number of halogens is 2. The van der Waals surface area contributed by atoms with Crippen LogP contribution in [0.4, 0.5) is 5.13 Å². The van der Waals surface area contributed by atoms with Crippen molar-refractivity contribution < 1.29 is 9.53 Å². The average Bonchev–Trinajstić information content (AvgIpc) is 2.78. The Morgan fingerprint density at radius 1 is 1.45 bits per heavy atom. The summed E-state index contributed by atoms with van der Waals surface area (Å²) in [4.78, 5) is 16.1. The normalized spacial score (nSPS) is 12.0. The predicted molar refractivity (Wildman–Crippen MR) is 82.0 cm³/mol. The molecule has 0 bridgehead atoms. The molecule has 2 rings (SSSR count). The number of carbonyl (C=O) groups is 1. The van der Waals surface area contributed by atoms with E-state index in [9.17, 15) is 4.79 Å². The molecule has 0 fully saturated rings. The molecule has 106 valence electrons. The van der Waals surface area contributed by atoms with E-state index in [4.69, 9.17) is 27.9 Å². The molecule has 20 heavy (non-hydrogen) atoms. The highest BCUT2D eigenvalue weighted by Gasteiger charge is 2.17. The monoisotopic (exact) mass is 330 g/mol. The number of thiazole rings is 1. The molecule has 1 heterocycles. The van der Waals surface area contributed by atoms with Gasteiger partial charge in [0, 0.05) is 10.4 Å². The number of anilines is 1. The summed E-state index contributed by atoms with van der Waals surface area (Å²) < 4.78 is 5.52. The molecule has 0 aliphatic rings. The second-order valence-electron chi connectivity index (χ2n) is 4.12. The van der Waals surface area contributed by atoms with E-state index < -0.39 is 6.10 Å². The van der Waals surface area contributed by atoms with E-state index in [1.165, 1.54) is 11.3 Å². The van der Waals surface area contributed by atoms with Crippen LogP contribution in [0, 0.1) is 6.92 Å². The molecule has 0 aliphatic heterocycles. The summed E-state index contributed by atoms with van der Waals surface area (Å²) >= 11 is 13.2. The van der Waals surface area contributed by atoms with E-state index in [-0.39, 0.29) is 5.91 Å². The van der Waals surface area contributed by atoms with Gasteiger partial charge in [-0.1, -0.05) is 23.2 Å². The second-order valence-corrected chi connectivity index (χ2v) is 5.82. The Morgan fingerprint density at radius 3 is 2.80 bits per heavy atom. The smallest absolute Gasteiger partial charge is 0.266 e. The van der Waals surface area contributed by atoms with Crippen LogP contribution < -0.4 is 10.1 Å². The number of carbonyl (C=O) groups excluding carboxylic acids is 1. The van der Waals surface area contributed by atoms with E-state index in [2.05, 4.69) is 10.3 Å². The lowest BCUT2D eigenvalue weighted by molar-refractivity contribution is -0.122. The Balaban J connectivity index is 2.00. The van der Waals surface area contributed by atoms with Gasteiger partial charge in [-0.3, -0.25) is 10.1 Å². The first kappa shape index (κ1) is 15.1. The lowest BCUT2D eigenvalue weighted by Crippen LogP contribution is -2.30. The lowest BCUT2D eigenvalue weighted by Gasteiger charge is -2.14. The maximum Gasteiger partial charge on any atom is 0.266 e. The first-order valence-corrected chi connectivity index (χ1v) is 7.44. The van der Waals surface area contributed by atoms with E-state index in [0.717, 1.165) is 5.69 Å². The van der Waals surface area contributed by atoms with Crippen molar-refractivity contribution in [3.8, 4) is 5.75 Å². The third kappa shape index (κ3) is 3.85. The molecular weight excluding hydrogens is 319 g/mol. The largest absolute Gasteiger partial charge is 0.479 e. The number of nitrogens with one attached hydrogen (secondary N) is 1. The van der Waals surface area contributed by atoms with Gasteiger partial charge in [-0.15, -0.1) is 11.3 Å². The highest BCUT2D eigenvalue weighted by molar-refractivity contribution is 7.13. The molecular formula is C13H12Cl2N2O2S. The maximum atomic E-state index is 12.0. The molecule has 1 atom stereocenters. The molecule has 0 radical (unpaired) electrons. The Bertz CT molecular complexity index is 631. The Morgan fingerprint density at radius 2 is 2.20 bits per heavy atom. The number of amides is 1. The fourth-order valence-electron chi connectivity index (χ4n) is 1.43. The molecule has 7 heteroatoms. The van der Waals surface area contributed by atoms with Crippen LogP contribution in [0.25, 0.3) is 0 Å². The standard InChI is InChI=1S/C13H12Cl2N2O2S/c1-7-6-20-13(16-7)17-12(18)8(2)19-11-4-3-9(14)5-10(11)15/h3-6,8H,1-2H3,(H,16,17,18). The van der Waals surface area contributed by atoms with Gasteiger partial charge >= 0.3 is 0 Å². The Hall–Kier alpha value is -1.30. The molecule has 0 saturated heterocycles. The molecule has 0 saturated carbocycles. The summed E-state index contributed by atoms with van der Waals surface area (Å²) in [6.45, 7) is 3.50. The fraction of sp³-hybridized carbons (Fsp3) is 0.231. The summed E-state index contributed by atoms with van der Waals surface area (Å²) in [5.74, 6) is 0.124. The minimum absolute atomic E-state index is 0.287. The first-order chi connectivity index (χ1) is 9.45. The summed E-state index contributed by atoms with van der Waals surface area (Å²) in [6.07, 6.45) is -0.696. The predicted octanol–water partition coefficient (Wildman–Crippen LogP) is 4.16. The van der Waals surface area contributed by atoms with Gasteiger partial charge in [-0.2, -0.15) is 0 Å². The summed E-state index contributed by atoms with van der Waals surface area (Å²) in [5, 5.41) is 5.97. The van der Waals surface area contributed by atoms with Crippen LogP contribution in [0.15, 0.2) is 23.6 Å². The van der Waals surface area contributed by atoms with Gasteiger partial charge < -0.3 is 4.74 Å². The highest BCUT2D eigenvalue weighted by Crippen LogP contribution is 2.28. The van der Waals surface area contributed by atoms with Crippen molar-refractivity contribution in [2.45, 2.75) is 20.0 Å². The van der Waals surface area contributed by atoms with Crippen molar-refractivity contribution in [1.29, 1.82) is 0 Å². The molecule has 1 aromatic heterocycles.